The zero-order chi connectivity index (χ0) is 22.3. The topological polar surface area (TPSA) is 48.5 Å². The van der Waals surface area contributed by atoms with Crippen molar-refractivity contribution in [2.75, 3.05) is 38.5 Å². The third-order valence-corrected chi connectivity index (χ3v) is 5.70. The lowest BCUT2D eigenvalue weighted by molar-refractivity contribution is 0.102. The standard InChI is InChI=1S/C27H28N4O/c1-21-6-9-24(19-23(21)10-13-25-5-3-4-14-28-25)27(32)29-26-11-7-22(8-12-26)20-31-17-15-30(2)16-18-31/h3-9,11-12,14,19H,15-18,20H2,1-2H3,(H,29,32). The molecule has 0 bridgehead atoms. The van der Waals surface area contributed by atoms with Gasteiger partial charge in [-0.15, -0.1) is 0 Å². The van der Waals surface area contributed by atoms with Gasteiger partial charge in [-0.3, -0.25) is 9.69 Å². The maximum absolute atomic E-state index is 12.8. The van der Waals surface area contributed by atoms with Gasteiger partial charge in [-0.25, -0.2) is 4.98 Å². The number of rotatable bonds is 4. The van der Waals surface area contributed by atoms with Crippen molar-refractivity contribution >= 4 is 11.6 Å². The van der Waals surface area contributed by atoms with E-state index in [1.54, 1.807) is 6.20 Å². The number of nitrogens with zero attached hydrogens (tertiary/aromatic N) is 3. The first kappa shape index (κ1) is 21.8. The molecule has 5 nitrogen and oxygen atoms in total. The van der Waals surface area contributed by atoms with Gasteiger partial charge in [0.2, 0.25) is 0 Å². The van der Waals surface area contributed by atoms with E-state index in [0.717, 1.165) is 49.5 Å². The Bertz CT molecular complexity index is 1120. The van der Waals surface area contributed by atoms with Crippen LogP contribution in [0.1, 0.15) is 32.7 Å². The highest BCUT2D eigenvalue weighted by atomic mass is 16.1. The predicted molar refractivity (Wildman–Crippen MR) is 129 cm³/mol. The third-order valence-electron chi connectivity index (χ3n) is 5.70. The fourth-order valence-electron chi connectivity index (χ4n) is 3.63. The van der Waals surface area contributed by atoms with Crippen molar-refractivity contribution < 1.29 is 4.79 Å². The number of hydrogen-bond acceptors (Lipinski definition) is 4. The van der Waals surface area contributed by atoms with E-state index in [1.807, 2.05) is 55.5 Å². The summed E-state index contributed by atoms with van der Waals surface area (Å²) < 4.78 is 0. The van der Waals surface area contributed by atoms with Crippen molar-refractivity contribution in [1.82, 2.24) is 14.8 Å². The number of aromatic nitrogens is 1. The molecule has 1 aromatic heterocycles. The molecule has 0 saturated carbocycles. The molecule has 1 N–H and O–H groups in total. The SMILES string of the molecule is Cc1ccc(C(=O)Nc2ccc(CN3CCN(C)CC3)cc2)cc1C#Cc1ccccn1. The third kappa shape index (κ3) is 5.82. The summed E-state index contributed by atoms with van der Waals surface area (Å²) in [6.07, 6.45) is 1.72. The van der Waals surface area contributed by atoms with Crippen molar-refractivity contribution in [3.8, 4) is 11.8 Å². The Kier molecular flexibility index (Phi) is 6.96. The molecule has 0 unspecified atom stereocenters. The van der Waals surface area contributed by atoms with Crippen LogP contribution in [-0.4, -0.2) is 53.9 Å². The van der Waals surface area contributed by atoms with Crippen LogP contribution in [0.3, 0.4) is 0 Å². The molecule has 1 fully saturated rings. The summed E-state index contributed by atoms with van der Waals surface area (Å²) in [5.74, 6) is 6.06. The number of aryl methyl sites for hydroxylation is 1. The normalized spacial score (nSPS) is 14.4. The van der Waals surface area contributed by atoms with E-state index in [0.29, 0.717) is 11.3 Å². The lowest BCUT2D eigenvalue weighted by Crippen LogP contribution is -2.43. The summed E-state index contributed by atoms with van der Waals surface area (Å²) in [4.78, 5) is 21.8. The van der Waals surface area contributed by atoms with Gasteiger partial charge in [0, 0.05) is 55.7 Å². The molecular weight excluding hydrogens is 396 g/mol. The van der Waals surface area contributed by atoms with Crippen LogP contribution in [0.25, 0.3) is 0 Å². The van der Waals surface area contributed by atoms with Crippen LogP contribution in [0.5, 0.6) is 0 Å². The molecule has 0 spiro atoms. The van der Waals surface area contributed by atoms with Gasteiger partial charge in [0.05, 0.1) is 0 Å². The van der Waals surface area contributed by atoms with Crippen LogP contribution < -0.4 is 5.32 Å². The Labute approximate surface area is 190 Å². The maximum Gasteiger partial charge on any atom is 0.255 e. The lowest BCUT2D eigenvalue weighted by Gasteiger charge is -2.32. The fraction of sp³-hybridized carbons (Fsp3) is 0.259. The zero-order valence-electron chi connectivity index (χ0n) is 18.6. The summed E-state index contributed by atoms with van der Waals surface area (Å²) in [6, 6.07) is 19.4. The predicted octanol–water partition coefficient (Wildman–Crippen LogP) is 3.79. The van der Waals surface area contributed by atoms with Crippen LogP contribution in [-0.2, 0) is 6.54 Å². The van der Waals surface area contributed by atoms with Gasteiger partial charge >= 0.3 is 0 Å². The van der Waals surface area contributed by atoms with E-state index in [1.165, 1.54) is 5.56 Å². The highest BCUT2D eigenvalue weighted by Gasteiger charge is 2.14. The minimum absolute atomic E-state index is 0.141. The van der Waals surface area contributed by atoms with Gasteiger partial charge in [0.25, 0.3) is 5.91 Å². The lowest BCUT2D eigenvalue weighted by atomic mass is 10.0. The summed E-state index contributed by atoms with van der Waals surface area (Å²) in [5, 5.41) is 3.00. The van der Waals surface area contributed by atoms with Gasteiger partial charge in [-0.2, -0.15) is 0 Å². The summed E-state index contributed by atoms with van der Waals surface area (Å²) >= 11 is 0. The number of benzene rings is 2. The summed E-state index contributed by atoms with van der Waals surface area (Å²) in [7, 11) is 2.17. The first-order valence-corrected chi connectivity index (χ1v) is 10.9. The zero-order valence-corrected chi connectivity index (χ0v) is 18.6. The van der Waals surface area contributed by atoms with Gasteiger partial charge in [0.1, 0.15) is 5.69 Å². The monoisotopic (exact) mass is 424 g/mol. The molecule has 4 rings (SSSR count). The average Bonchev–Trinajstić information content (AvgIpc) is 2.82. The molecule has 1 amide bonds. The molecule has 2 aromatic carbocycles. The largest absolute Gasteiger partial charge is 0.322 e. The first-order chi connectivity index (χ1) is 15.6. The number of likely N-dealkylation sites (N-methyl/N-ethyl adjacent to an activating group) is 1. The fourth-order valence-corrected chi connectivity index (χ4v) is 3.63. The number of hydrogen-bond donors (Lipinski definition) is 1. The van der Waals surface area contributed by atoms with Gasteiger partial charge in [-0.1, -0.05) is 30.2 Å². The number of amides is 1. The average molecular weight is 425 g/mol. The number of carbonyl (C=O) groups is 1. The van der Waals surface area contributed by atoms with Gasteiger partial charge in [-0.05, 0) is 67.4 Å². The second kappa shape index (κ2) is 10.2. The summed E-state index contributed by atoms with van der Waals surface area (Å²) in [5.41, 5.74) is 5.19. The Morgan fingerprint density at radius 1 is 1.00 bits per heavy atom. The first-order valence-electron chi connectivity index (χ1n) is 10.9. The second-order valence-electron chi connectivity index (χ2n) is 8.23. The minimum atomic E-state index is -0.141. The highest BCUT2D eigenvalue weighted by Crippen LogP contribution is 2.16. The second-order valence-corrected chi connectivity index (χ2v) is 8.23. The Balaban J connectivity index is 1.40. The maximum atomic E-state index is 12.8. The van der Waals surface area contributed by atoms with E-state index >= 15 is 0 Å². The smallest absolute Gasteiger partial charge is 0.255 e. The van der Waals surface area contributed by atoms with Crippen LogP contribution in [0.4, 0.5) is 5.69 Å². The molecule has 1 saturated heterocycles. The van der Waals surface area contributed by atoms with E-state index in [2.05, 4.69) is 51.1 Å². The molecule has 162 valence electrons. The molecular formula is C27H28N4O. The Morgan fingerprint density at radius 2 is 1.78 bits per heavy atom. The van der Waals surface area contributed by atoms with Crippen molar-refractivity contribution in [1.29, 1.82) is 0 Å². The molecule has 32 heavy (non-hydrogen) atoms. The number of anilines is 1. The molecule has 1 aliphatic heterocycles. The van der Waals surface area contributed by atoms with Crippen molar-refractivity contribution in [3.05, 3.63) is 94.8 Å². The van der Waals surface area contributed by atoms with Crippen LogP contribution in [0.2, 0.25) is 0 Å². The van der Waals surface area contributed by atoms with Crippen LogP contribution in [0.15, 0.2) is 66.9 Å². The van der Waals surface area contributed by atoms with Crippen molar-refractivity contribution in [2.45, 2.75) is 13.5 Å². The van der Waals surface area contributed by atoms with E-state index in [4.69, 9.17) is 0 Å². The highest BCUT2D eigenvalue weighted by molar-refractivity contribution is 6.04. The van der Waals surface area contributed by atoms with Crippen LogP contribution in [0, 0.1) is 18.8 Å². The van der Waals surface area contributed by atoms with Crippen LogP contribution >= 0.6 is 0 Å². The number of pyridine rings is 1. The quantitative estimate of drug-likeness (QED) is 0.648. The molecule has 0 atom stereocenters. The van der Waals surface area contributed by atoms with E-state index in [-0.39, 0.29) is 5.91 Å². The molecule has 0 aliphatic carbocycles. The number of piperazine rings is 1. The number of carbonyl (C=O) groups excluding carboxylic acids is 1. The van der Waals surface area contributed by atoms with Crippen molar-refractivity contribution in [2.24, 2.45) is 0 Å². The van der Waals surface area contributed by atoms with Gasteiger partial charge in [0.15, 0.2) is 0 Å². The summed E-state index contributed by atoms with van der Waals surface area (Å²) in [6.45, 7) is 7.33. The van der Waals surface area contributed by atoms with E-state index < -0.39 is 0 Å². The molecule has 0 radical (unpaired) electrons. The molecule has 5 heteroatoms. The Morgan fingerprint density at radius 3 is 2.50 bits per heavy atom. The van der Waals surface area contributed by atoms with Gasteiger partial charge < -0.3 is 10.2 Å². The minimum Gasteiger partial charge on any atom is -0.322 e. The molecule has 1 aliphatic rings. The Hall–Kier alpha value is -3.46. The van der Waals surface area contributed by atoms with Crippen molar-refractivity contribution in [3.63, 3.8) is 0 Å². The van der Waals surface area contributed by atoms with E-state index in [9.17, 15) is 4.79 Å². The molecule has 3 aromatic rings. The molecule has 2 heterocycles. The number of nitrogens with one attached hydrogen (secondary N) is 1.